The largest absolute Gasteiger partial charge is 0.449 e. The van der Waals surface area contributed by atoms with E-state index in [0.717, 1.165) is 0 Å². The van der Waals surface area contributed by atoms with Crippen LogP contribution in [0.5, 0.6) is 11.5 Å². The van der Waals surface area contributed by atoms with Crippen molar-refractivity contribution in [3.05, 3.63) is 93.3 Å². The van der Waals surface area contributed by atoms with E-state index >= 15 is 0 Å². The molecular weight excluding hydrogens is 384 g/mol. The fourth-order valence-corrected chi connectivity index (χ4v) is 2.39. The first-order chi connectivity index (χ1) is 13.5. The van der Waals surface area contributed by atoms with Gasteiger partial charge < -0.3 is 4.74 Å². The maximum Gasteiger partial charge on any atom is 0.312 e. The predicted molar refractivity (Wildman–Crippen MR) is 104 cm³/mol. The van der Waals surface area contributed by atoms with E-state index < -0.39 is 10.8 Å². The third-order valence-corrected chi connectivity index (χ3v) is 3.85. The summed E-state index contributed by atoms with van der Waals surface area (Å²) in [5.74, 6) is -0.107. The minimum absolute atomic E-state index is 0.0367. The van der Waals surface area contributed by atoms with Crippen molar-refractivity contribution in [2.45, 2.75) is 0 Å². The Morgan fingerprint density at radius 1 is 1.18 bits per heavy atom. The Morgan fingerprint density at radius 2 is 2.00 bits per heavy atom. The fourth-order valence-electron chi connectivity index (χ4n) is 2.22. The SMILES string of the molecule is O=C(N/N=C/c1ccc(Oc2ccccc2Cl)c([N+](=O)[O-])c1)c1cccnc1. The third-order valence-electron chi connectivity index (χ3n) is 3.54. The average Bonchev–Trinajstić information content (AvgIpc) is 2.71. The Balaban J connectivity index is 1.76. The number of nitro groups is 1. The molecule has 2 aromatic carbocycles. The van der Waals surface area contributed by atoms with Crippen LogP contribution in [0, 0.1) is 10.1 Å². The number of para-hydroxylation sites is 1. The Labute approximate surface area is 164 Å². The van der Waals surface area contributed by atoms with Crippen LogP contribution in [0.1, 0.15) is 15.9 Å². The molecule has 1 N–H and O–H groups in total. The number of hydrogen-bond acceptors (Lipinski definition) is 6. The first kappa shape index (κ1) is 19.0. The number of ether oxygens (including phenoxy) is 1. The molecule has 140 valence electrons. The monoisotopic (exact) mass is 396 g/mol. The smallest absolute Gasteiger partial charge is 0.312 e. The lowest BCUT2D eigenvalue weighted by molar-refractivity contribution is -0.385. The van der Waals surface area contributed by atoms with Gasteiger partial charge in [0.1, 0.15) is 5.75 Å². The number of hydrogen-bond donors (Lipinski definition) is 1. The molecule has 0 atom stereocenters. The van der Waals surface area contributed by atoms with Gasteiger partial charge in [0.15, 0.2) is 0 Å². The topological polar surface area (TPSA) is 107 Å². The second kappa shape index (κ2) is 8.74. The summed E-state index contributed by atoms with van der Waals surface area (Å²) in [4.78, 5) is 26.6. The Kier molecular flexibility index (Phi) is 5.93. The number of hydrazone groups is 1. The molecule has 0 radical (unpaired) electrons. The number of nitro benzene ring substituents is 1. The maximum atomic E-state index is 11.9. The zero-order chi connectivity index (χ0) is 19.9. The summed E-state index contributed by atoms with van der Waals surface area (Å²) >= 11 is 6.03. The van der Waals surface area contributed by atoms with E-state index in [1.165, 1.54) is 24.5 Å². The van der Waals surface area contributed by atoms with Crippen LogP contribution in [-0.2, 0) is 0 Å². The molecule has 1 aromatic heterocycles. The molecule has 0 aliphatic carbocycles. The molecule has 0 aliphatic heterocycles. The van der Waals surface area contributed by atoms with E-state index in [1.54, 1.807) is 48.7 Å². The lowest BCUT2D eigenvalue weighted by atomic mass is 10.2. The van der Waals surface area contributed by atoms with Crippen molar-refractivity contribution in [2.75, 3.05) is 0 Å². The van der Waals surface area contributed by atoms with Crippen molar-refractivity contribution >= 4 is 29.4 Å². The normalized spacial score (nSPS) is 10.6. The van der Waals surface area contributed by atoms with Crippen molar-refractivity contribution in [1.29, 1.82) is 0 Å². The second-order valence-electron chi connectivity index (χ2n) is 5.46. The Bertz CT molecular complexity index is 1040. The van der Waals surface area contributed by atoms with Gasteiger partial charge in [-0.2, -0.15) is 5.10 Å². The minimum Gasteiger partial charge on any atom is -0.449 e. The summed E-state index contributed by atoms with van der Waals surface area (Å²) in [6.07, 6.45) is 4.24. The average molecular weight is 397 g/mol. The number of benzene rings is 2. The molecule has 0 unspecified atom stereocenters. The molecule has 3 rings (SSSR count). The maximum absolute atomic E-state index is 11.9. The van der Waals surface area contributed by atoms with Crippen LogP contribution < -0.4 is 10.2 Å². The van der Waals surface area contributed by atoms with Gasteiger partial charge in [0, 0.05) is 24.0 Å². The number of nitrogens with zero attached hydrogens (tertiary/aromatic N) is 3. The summed E-state index contributed by atoms with van der Waals surface area (Å²) in [5.41, 5.74) is 2.82. The van der Waals surface area contributed by atoms with Crippen LogP contribution in [-0.4, -0.2) is 22.0 Å². The number of rotatable bonds is 6. The molecule has 0 spiro atoms. The minimum atomic E-state index is -0.572. The van der Waals surface area contributed by atoms with Crippen LogP contribution >= 0.6 is 11.6 Å². The summed E-state index contributed by atoms with van der Waals surface area (Å²) in [7, 11) is 0. The molecule has 28 heavy (non-hydrogen) atoms. The molecule has 0 fully saturated rings. The van der Waals surface area contributed by atoms with Gasteiger partial charge in [-0.05, 0) is 36.4 Å². The van der Waals surface area contributed by atoms with Crippen molar-refractivity contribution in [1.82, 2.24) is 10.4 Å². The summed E-state index contributed by atoms with van der Waals surface area (Å²) in [6.45, 7) is 0. The number of aromatic nitrogens is 1. The van der Waals surface area contributed by atoms with Gasteiger partial charge in [-0.15, -0.1) is 0 Å². The van der Waals surface area contributed by atoms with Crippen LogP contribution in [0.15, 0.2) is 72.1 Å². The first-order valence-electron chi connectivity index (χ1n) is 7.99. The predicted octanol–water partition coefficient (Wildman–Crippen LogP) is 4.20. The highest BCUT2D eigenvalue weighted by Gasteiger charge is 2.17. The highest BCUT2D eigenvalue weighted by Crippen LogP contribution is 2.35. The number of amides is 1. The van der Waals surface area contributed by atoms with Crippen LogP contribution in [0.3, 0.4) is 0 Å². The molecule has 3 aromatic rings. The molecule has 0 bridgehead atoms. The molecule has 0 aliphatic rings. The van der Waals surface area contributed by atoms with E-state index in [2.05, 4.69) is 15.5 Å². The van der Waals surface area contributed by atoms with E-state index in [9.17, 15) is 14.9 Å². The molecular formula is C19H13ClN4O4. The van der Waals surface area contributed by atoms with E-state index in [4.69, 9.17) is 16.3 Å². The summed E-state index contributed by atoms with van der Waals surface area (Å²) < 4.78 is 5.56. The zero-order valence-electron chi connectivity index (χ0n) is 14.3. The molecule has 0 saturated carbocycles. The standard InChI is InChI=1S/C19H13ClN4O4/c20-15-5-1-2-6-17(15)28-18-8-7-13(10-16(18)24(26)27)11-22-23-19(25)14-4-3-9-21-12-14/h1-12H,(H,23,25)/b22-11+. The first-order valence-corrected chi connectivity index (χ1v) is 8.36. The summed E-state index contributed by atoms with van der Waals surface area (Å²) in [6, 6.07) is 14.2. The van der Waals surface area contributed by atoms with Gasteiger partial charge >= 0.3 is 5.69 Å². The van der Waals surface area contributed by atoms with Gasteiger partial charge in [-0.1, -0.05) is 23.7 Å². The Morgan fingerprint density at radius 3 is 2.71 bits per heavy atom. The number of nitrogens with one attached hydrogen (secondary N) is 1. The van der Waals surface area contributed by atoms with Crippen molar-refractivity contribution in [2.24, 2.45) is 5.10 Å². The molecule has 0 saturated heterocycles. The zero-order valence-corrected chi connectivity index (χ0v) is 15.0. The number of carbonyl (C=O) groups is 1. The quantitative estimate of drug-likeness (QED) is 0.381. The fraction of sp³-hybridized carbons (Fsp3) is 0. The second-order valence-corrected chi connectivity index (χ2v) is 5.86. The van der Waals surface area contributed by atoms with Crippen molar-refractivity contribution in [3.63, 3.8) is 0 Å². The molecule has 1 heterocycles. The molecule has 1 amide bonds. The highest BCUT2D eigenvalue weighted by atomic mass is 35.5. The molecule has 8 nitrogen and oxygen atoms in total. The summed E-state index contributed by atoms with van der Waals surface area (Å²) in [5, 5.41) is 15.5. The molecule has 9 heteroatoms. The van der Waals surface area contributed by atoms with Gasteiger partial charge in [-0.25, -0.2) is 5.43 Å². The van der Waals surface area contributed by atoms with Gasteiger partial charge in [0.25, 0.3) is 5.91 Å². The van der Waals surface area contributed by atoms with E-state index in [-0.39, 0.29) is 11.4 Å². The lowest BCUT2D eigenvalue weighted by Crippen LogP contribution is -2.17. The van der Waals surface area contributed by atoms with Crippen LogP contribution in [0.2, 0.25) is 5.02 Å². The number of pyridine rings is 1. The van der Waals surface area contributed by atoms with Crippen LogP contribution in [0.4, 0.5) is 5.69 Å². The van der Waals surface area contributed by atoms with E-state index in [1.807, 2.05) is 0 Å². The van der Waals surface area contributed by atoms with Gasteiger partial charge in [0.05, 0.1) is 21.7 Å². The van der Waals surface area contributed by atoms with Crippen molar-refractivity contribution < 1.29 is 14.5 Å². The van der Waals surface area contributed by atoms with Crippen molar-refractivity contribution in [3.8, 4) is 11.5 Å². The third kappa shape index (κ3) is 4.68. The van der Waals surface area contributed by atoms with E-state index in [0.29, 0.717) is 21.9 Å². The van der Waals surface area contributed by atoms with Crippen LogP contribution in [0.25, 0.3) is 0 Å². The number of carbonyl (C=O) groups excluding carboxylic acids is 1. The van der Waals surface area contributed by atoms with Gasteiger partial charge in [0.2, 0.25) is 5.75 Å². The highest BCUT2D eigenvalue weighted by molar-refractivity contribution is 6.32. The Hall–Kier alpha value is -3.78. The lowest BCUT2D eigenvalue weighted by Gasteiger charge is -2.08. The number of halogens is 1. The van der Waals surface area contributed by atoms with Gasteiger partial charge in [-0.3, -0.25) is 19.9 Å².